The van der Waals surface area contributed by atoms with Crippen LogP contribution in [0.3, 0.4) is 0 Å². The predicted molar refractivity (Wildman–Crippen MR) is 52.9 cm³/mol. The van der Waals surface area contributed by atoms with Gasteiger partial charge in [-0.15, -0.1) is 0 Å². The molecule has 0 radical (unpaired) electrons. The lowest BCUT2D eigenvalue weighted by Gasteiger charge is -2.07. The molecule has 1 heterocycles. The third-order valence-corrected chi connectivity index (χ3v) is 6.28. The Hall–Kier alpha value is -0.630. The number of ether oxygens (including phenoxy) is 1. The normalized spacial score (nSPS) is 25.0. The number of rotatable bonds is 3. The van der Waals surface area contributed by atoms with Gasteiger partial charge < -0.3 is 4.74 Å². The van der Waals surface area contributed by atoms with Gasteiger partial charge in [0.25, 0.3) is 0 Å². The number of carbonyl (C=O) groups excluding carboxylic acids is 1. The molecule has 1 saturated heterocycles. The first-order valence-corrected chi connectivity index (χ1v) is 7.79. The maximum atomic E-state index is 11.5. The highest BCUT2D eigenvalue weighted by Gasteiger charge is 2.38. The van der Waals surface area contributed by atoms with Gasteiger partial charge in [-0.3, -0.25) is 4.79 Å². The molecule has 0 spiro atoms. The Morgan fingerprint density at radius 2 is 2.07 bits per heavy atom. The van der Waals surface area contributed by atoms with Crippen LogP contribution in [0.5, 0.6) is 0 Å². The standard InChI is InChI=1S/C7H12O6S2/c1-13-7(8)5-15(11,12)6-2-3-14(9,10)4-6/h6H,2-5H2,1H3. The van der Waals surface area contributed by atoms with Crippen molar-refractivity contribution in [2.45, 2.75) is 11.7 Å². The van der Waals surface area contributed by atoms with Gasteiger partial charge in [0, 0.05) is 0 Å². The first kappa shape index (κ1) is 12.4. The summed E-state index contributed by atoms with van der Waals surface area (Å²) in [7, 11) is -5.86. The van der Waals surface area contributed by atoms with Crippen LogP contribution in [0, 0.1) is 0 Å². The molecule has 8 heteroatoms. The highest BCUT2D eigenvalue weighted by molar-refractivity contribution is 7.96. The summed E-state index contributed by atoms with van der Waals surface area (Å²) < 4.78 is 49.4. The lowest BCUT2D eigenvalue weighted by molar-refractivity contribution is -0.137. The van der Waals surface area contributed by atoms with Gasteiger partial charge in [0.2, 0.25) is 0 Å². The van der Waals surface area contributed by atoms with Gasteiger partial charge >= 0.3 is 5.97 Å². The number of hydrogen-bond donors (Lipinski definition) is 0. The van der Waals surface area contributed by atoms with Crippen LogP contribution in [0.15, 0.2) is 0 Å². The molecule has 1 aliphatic heterocycles. The second-order valence-corrected chi connectivity index (χ2v) is 7.92. The molecule has 0 saturated carbocycles. The van der Waals surface area contributed by atoms with Crippen molar-refractivity contribution in [3.8, 4) is 0 Å². The Morgan fingerprint density at radius 1 is 1.47 bits per heavy atom. The van der Waals surface area contributed by atoms with E-state index in [1.807, 2.05) is 0 Å². The van der Waals surface area contributed by atoms with Crippen LogP contribution in [0.1, 0.15) is 6.42 Å². The lowest BCUT2D eigenvalue weighted by Crippen LogP contribution is -2.29. The Morgan fingerprint density at radius 3 is 2.47 bits per heavy atom. The zero-order chi connectivity index (χ0) is 11.7. The van der Waals surface area contributed by atoms with Crippen molar-refractivity contribution >= 4 is 25.6 Å². The van der Waals surface area contributed by atoms with Crippen LogP contribution in [-0.4, -0.2) is 52.4 Å². The average molecular weight is 256 g/mol. The first-order valence-electron chi connectivity index (χ1n) is 4.25. The molecule has 6 nitrogen and oxygen atoms in total. The SMILES string of the molecule is COC(=O)CS(=O)(=O)C1CCS(=O)(=O)C1. The van der Waals surface area contributed by atoms with Crippen molar-refractivity contribution in [2.75, 3.05) is 24.4 Å². The fourth-order valence-electron chi connectivity index (χ4n) is 1.39. The number of sulfone groups is 2. The van der Waals surface area contributed by atoms with Crippen molar-refractivity contribution in [2.24, 2.45) is 0 Å². The van der Waals surface area contributed by atoms with E-state index >= 15 is 0 Å². The summed E-state index contributed by atoms with van der Waals surface area (Å²) >= 11 is 0. The molecule has 0 aromatic carbocycles. The Kier molecular flexibility index (Phi) is 3.39. The van der Waals surface area contributed by atoms with Crippen molar-refractivity contribution in [1.82, 2.24) is 0 Å². The van der Waals surface area contributed by atoms with Gasteiger partial charge in [0.05, 0.1) is 23.9 Å². The van der Waals surface area contributed by atoms with E-state index in [1.165, 1.54) is 0 Å². The molecule has 0 aliphatic carbocycles. The summed E-state index contributed by atoms with van der Waals surface area (Å²) in [6.45, 7) is 0. The molecule has 15 heavy (non-hydrogen) atoms. The highest BCUT2D eigenvalue weighted by atomic mass is 32.2. The molecule has 0 amide bonds. The van der Waals surface area contributed by atoms with Crippen LogP contribution < -0.4 is 0 Å². The van der Waals surface area contributed by atoms with Crippen LogP contribution in [0.4, 0.5) is 0 Å². The molecule has 0 N–H and O–H groups in total. The topological polar surface area (TPSA) is 94.6 Å². The minimum Gasteiger partial charge on any atom is -0.468 e. The second kappa shape index (κ2) is 4.09. The third-order valence-electron chi connectivity index (χ3n) is 2.25. The predicted octanol–water partition coefficient (Wildman–Crippen LogP) is -1.24. The van der Waals surface area contributed by atoms with Crippen molar-refractivity contribution < 1.29 is 26.4 Å². The maximum absolute atomic E-state index is 11.5. The Balaban J connectivity index is 2.77. The van der Waals surface area contributed by atoms with Gasteiger partial charge in [0.1, 0.15) is 5.75 Å². The van der Waals surface area contributed by atoms with E-state index in [0.29, 0.717) is 0 Å². The molecule has 1 aliphatic rings. The fourth-order valence-corrected chi connectivity index (χ4v) is 5.69. The lowest BCUT2D eigenvalue weighted by atomic mass is 10.4. The van der Waals surface area contributed by atoms with E-state index in [9.17, 15) is 21.6 Å². The number of esters is 1. The van der Waals surface area contributed by atoms with E-state index in [0.717, 1.165) is 7.11 Å². The van der Waals surface area contributed by atoms with E-state index in [-0.39, 0.29) is 17.9 Å². The zero-order valence-corrected chi connectivity index (χ0v) is 9.80. The van der Waals surface area contributed by atoms with Gasteiger partial charge in [-0.2, -0.15) is 0 Å². The van der Waals surface area contributed by atoms with Crippen LogP contribution in [0.2, 0.25) is 0 Å². The molecular formula is C7H12O6S2. The molecule has 88 valence electrons. The van der Waals surface area contributed by atoms with Crippen molar-refractivity contribution in [3.05, 3.63) is 0 Å². The monoisotopic (exact) mass is 256 g/mol. The highest BCUT2D eigenvalue weighted by Crippen LogP contribution is 2.19. The number of methoxy groups -OCH3 is 1. The average Bonchev–Trinajstić information content (AvgIpc) is 2.45. The van der Waals surface area contributed by atoms with Crippen molar-refractivity contribution in [3.63, 3.8) is 0 Å². The Labute approximate surface area is 88.4 Å². The molecule has 1 atom stereocenters. The van der Waals surface area contributed by atoms with E-state index in [4.69, 9.17) is 0 Å². The summed E-state index contributed by atoms with van der Waals surface area (Å²) in [6.07, 6.45) is 0.0711. The molecule has 1 fully saturated rings. The molecule has 0 aromatic rings. The summed E-state index contributed by atoms with van der Waals surface area (Å²) in [6, 6.07) is 0. The summed E-state index contributed by atoms with van der Waals surface area (Å²) in [5.41, 5.74) is 0. The quantitative estimate of drug-likeness (QED) is 0.586. The van der Waals surface area contributed by atoms with Crippen LogP contribution >= 0.6 is 0 Å². The van der Waals surface area contributed by atoms with E-state index in [2.05, 4.69) is 4.74 Å². The molecule has 1 unspecified atom stereocenters. The second-order valence-electron chi connectivity index (χ2n) is 3.41. The molecule has 0 bridgehead atoms. The number of carbonyl (C=O) groups is 1. The largest absolute Gasteiger partial charge is 0.468 e. The zero-order valence-electron chi connectivity index (χ0n) is 8.17. The van der Waals surface area contributed by atoms with E-state index < -0.39 is 36.6 Å². The third kappa shape index (κ3) is 3.16. The van der Waals surface area contributed by atoms with Gasteiger partial charge in [-0.1, -0.05) is 0 Å². The maximum Gasteiger partial charge on any atom is 0.320 e. The van der Waals surface area contributed by atoms with Gasteiger partial charge in [-0.05, 0) is 6.42 Å². The summed E-state index contributed by atoms with van der Waals surface area (Å²) in [5.74, 6) is -2.12. The summed E-state index contributed by atoms with van der Waals surface area (Å²) in [5, 5.41) is -0.957. The van der Waals surface area contributed by atoms with Crippen LogP contribution in [0.25, 0.3) is 0 Å². The summed E-state index contributed by atoms with van der Waals surface area (Å²) in [4.78, 5) is 10.8. The first-order chi connectivity index (χ1) is 6.77. The minimum atomic E-state index is -3.70. The minimum absolute atomic E-state index is 0.0711. The molecular weight excluding hydrogens is 244 g/mol. The smallest absolute Gasteiger partial charge is 0.320 e. The van der Waals surface area contributed by atoms with Crippen molar-refractivity contribution in [1.29, 1.82) is 0 Å². The fraction of sp³-hybridized carbons (Fsp3) is 0.857. The van der Waals surface area contributed by atoms with Gasteiger partial charge in [0.15, 0.2) is 19.7 Å². The van der Waals surface area contributed by atoms with E-state index in [1.54, 1.807) is 0 Å². The number of hydrogen-bond acceptors (Lipinski definition) is 6. The van der Waals surface area contributed by atoms with Gasteiger partial charge in [-0.25, -0.2) is 16.8 Å². The van der Waals surface area contributed by atoms with Crippen LogP contribution in [-0.2, 0) is 29.2 Å². The Bertz CT molecular complexity index is 446. The molecule has 0 aromatic heterocycles. The molecule has 1 rings (SSSR count).